The SMILES string of the molecule is CCN(CC)C(=O)c1cc(C)sc1C(=O)N(CC)CC. The van der Waals surface area contributed by atoms with E-state index in [0.717, 1.165) is 4.88 Å². The van der Waals surface area contributed by atoms with Crippen LogP contribution < -0.4 is 0 Å². The molecular formula is C15H24N2O2S. The van der Waals surface area contributed by atoms with Gasteiger partial charge >= 0.3 is 0 Å². The van der Waals surface area contributed by atoms with Gasteiger partial charge in [0.2, 0.25) is 0 Å². The Morgan fingerprint density at radius 1 is 0.950 bits per heavy atom. The van der Waals surface area contributed by atoms with Crippen LogP contribution in [0.3, 0.4) is 0 Å². The summed E-state index contributed by atoms with van der Waals surface area (Å²) in [6.07, 6.45) is 0. The average Bonchev–Trinajstić information content (AvgIpc) is 2.83. The van der Waals surface area contributed by atoms with Gasteiger partial charge in [-0.15, -0.1) is 11.3 Å². The van der Waals surface area contributed by atoms with Gasteiger partial charge in [0.25, 0.3) is 11.8 Å². The number of carbonyl (C=O) groups is 2. The lowest BCUT2D eigenvalue weighted by Gasteiger charge is -2.21. The predicted octanol–water partition coefficient (Wildman–Crippen LogP) is 3.02. The summed E-state index contributed by atoms with van der Waals surface area (Å²) < 4.78 is 0. The highest BCUT2D eigenvalue weighted by molar-refractivity contribution is 7.14. The van der Waals surface area contributed by atoms with Gasteiger partial charge in [0.05, 0.1) is 5.56 Å². The molecule has 0 spiro atoms. The monoisotopic (exact) mass is 296 g/mol. The van der Waals surface area contributed by atoms with Crippen LogP contribution in [0, 0.1) is 6.92 Å². The molecule has 4 nitrogen and oxygen atoms in total. The first kappa shape index (κ1) is 16.7. The van der Waals surface area contributed by atoms with E-state index in [-0.39, 0.29) is 11.8 Å². The number of amides is 2. The molecule has 0 bridgehead atoms. The molecule has 0 saturated carbocycles. The van der Waals surface area contributed by atoms with Crippen molar-refractivity contribution in [2.24, 2.45) is 0 Å². The Morgan fingerprint density at radius 2 is 1.40 bits per heavy atom. The molecule has 0 aromatic carbocycles. The lowest BCUT2D eigenvalue weighted by molar-refractivity contribution is 0.0738. The lowest BCUT2D eigenvalue weighted by Crippen LogP contribution is -2.34. The van der Waals surface area contributed by atoms with Gasteiger partial charge in [-0.3, -0.25) is 9.59 Å². The van der Waals surface area contributed by atoms with Crippen LogP contribution in [-0.2, 0) is 0 Å². The molecule has 0 aliphatic carbocycles. The Morgan fingerprint density at radius 3 is 1.85 bits per heavy atom. The Balaban J connectivity index is 3.16. The summed E-state index contributed by atoms with van der Waals surface area (Å²) in [6, 6.07) is 1.84. The van der Waals surface area contributed by atoms with Crippen LogP contribution in [0.2, 0.25) is 0 Å². The van der Waals surface area contributed by atoms with E-state index in [2.05, 4.69) is 0 Å². The normalized spacial score (nSPS) is 10.4. The zero-order valence-corrected chi connectivity index (χ0v) is 13.8. The molecule has 112 valence electrons. The summed E-state index contributed by atoms with van der Waals surface area (Å²) in [5, 5.41) is 0. The van der Waals surface area contributed by atoms with Crippen LogP contribution in [0.4, 0.5) is 0 Å². The van der Waals surface area contributed by atoms with E-state index >= 15 is 0 Å². The van der Waals surface area contributed by atoms with Crippen molar-refractivity contribution in [2.75, 3.05) is 26.2 Å². The third kappa shape index (κ3) is 3.39. The van der Waals surface area contributed by atoms with E-state index in [1.165, 1.54) is 11.3 Å². The maximum Gasteiger partial charge on any atom is 0.264 e. The number of hydrogen-bond acceptors (Lipinski definition) is 3. The summed E-state index contributed by atoms with van der Waals surface area (Å²) in [5.74, 6) is -0.0848. The first-order valence-corrected chi connectivity index (χ1v) is 8.00. The number of rotatable bonds is 6. The molecule has 0 fully saturated rings. The van der Waals surface area contributed by atoms with Crippen molar-refractivity contribution in [1.29, 1.82) is 0 Å². The van der Waals surface area contributed by atoms with E-state index in [1.807, 2.05) is 40.7 Å². The van der Waals surface area contributed by atoms with Gasteiger partial charge in [-0.1, -0.05) is 0 Å². The zero-order valence-electron chi connectivity index (χ0n) is 13.0. The van der Waals surface area contributed by atoms with Crippen molar-refractivity contribution in [3.05, 3.63) is 21.4 Å². The minimum absolute atomic E-state index is 0.0383. The number of carbonyl (C=O) groups excluding carboxylic acids is 2. The Hall–Kier alpha value is -1.36. The lowest BCUT2D eigenvalue weighted by atomic mass is 10.2. The van der Waals surface area contributed by atoms with E-state index < -0.39 is 0 Å². The van der Waals surface area contributed by atoms with Crippen molar-refractivity contribution < 1.29 is 9.59 Å². The fraction of sp³-hybridized carbons (Fsp3) is 0.600. The van der Waals surface area contributed by atoms with Crippen molar-refractivity contribution >= 4 is 23.2 Å². The first-order chi connectivity index (χ1) is 9.49. The van der Waals surface area contributed by atoms with Crippen LogP contribution >= 0.6 is 11.3 Å². The van der Waals surface area contributed by atoms with Crippen LogP contribution in [-0.4, -0.2) is 47.8 Å². The molecule has 2 amide bonds. The maximum atomic E-state index is 12.5. The predicted molar refractivity (Wildman–Crippen MR) is 83.6 cm³/mol. The molecule has 1 rings (SSSR count). The summed E-state index contributed by atoms with van der Waals surface area (Å²) in [4.78, 5) is 30.1. The first-order valence-electron chi connectivity index (χ1n) is 7.18. The highest BCUT2D eigenvalue weighted by Gasteiger charge is 2.25. The van der Waals surface area contributed by atoms with E-state index in [0.29, 0.717) is 36.6 Å². The smallest absolute Gasteiger partial charge is 0.264 e. The van der Waals surface area contributed by atoms with E-state index in [1.54, 1.807) is 9.80 Å². The topological polar surface area (TPSA) is 40.6 Å². The van der Waals surface area contributed by atoms with Gasteiger partial charge in [-0.05, 0) is 40.7 Å². The number of thiophene rings is 1. The second-order valence-corrected chi connectivity index (χ2v) is 5.81. The third-order valence-corrected chi connectivity index (χ3v) is 4.42. The number of hydrogen-bond donors (Lipinski definition) is 0. The summed E-state index contributed by atoms with van der Waals surface area (Å²) in [7, 11) is 0. The summed E-state index contributed by atoms with van der Waals surface area (Å²) in [5.41, 5.74) is 0.549. The molecule has 0 aliphatic rings. The van der Waals surface area contributed by atoms with Crippen molar-refractivity contribution in [3.8, 4) is 0 Å². The Labute approximate surface area is 125 Å². The van der Waals surface area contributed by atoms with Crippen LogP contribution in [0.1, 0.15) is 52.6 Å². The van der Waals surface area contributed by atoms with Crippen LogP contribution in [0.5, 0.6) is 0 Å². The highest BCUT2D eigenvalue weighted by Crippen LogP contribution is 2.25. The van der Waals surface area contributed by atoms with E-state index in [4.69, 9.17) is 0 Å². The van der Waals surface area contributed by atoms with Gasteiger partial charge in [0.15, 0.2) is 0 Å². The molecule has 0 aliphatic heterocycles. The molecular weight excluding hydrogens is 272 g/mol. The van der Waals surface area contributed by atoms with Gasteiger partial charge in [-0.25, -0.2) is 0 Å². The molecule has 1 heterocycles. The van der Waals surface area contributed by atoms with Crippen molar-refractivity contribution in [1.82, 2.24) is 9.80 Å². The minimum atomic E-state index is -0.0464. The molecule has 0 N–H and O–H groups in total. The second kappa shape index (κ2) is 7.43. The molecule has 5 heteroatoms. The second-order valence-electron chi connectivity index (χ2n) is 4.55. The molecule has 0 saturated heterocycles. The van der Waals surface area contributed by atoms with Crippen LogP contribution in [0.25, 0.3) is 0 Å². The van der Waals surface area contributed by atoms with Gasteiger partial charge in [0, 0.05) is 31.1 Å². The minimum Gasteiger partial charge on any atom is -0.339 e. The molecule has 1 aromatic rings. The summed E-state index contributed by atoms with van der Waals surface area (Å²) >= 11 is 1.41. The fourth-order valence-electron chi connectivity index (χ4n) is 2.17. The van der Waals surface area contributed by atoms with Gasteiger partial charge in [0.1, 0.15) is 4.88 Å². The summed E-state index contributed by atoms with van der Waals surface area (Å²) in [6.45, 7) is 12.4. The Kier molecular flexibility index (Phi) is 6.20. The molecule has 0 radical (unpaired) electrons. The number of nitrogens with zero attached hydrogens (tertiary/aromatic N) is 2. The quantitative estimate of drug-likeness (QED) is 0.809. The van der Waals surface area contributed by atoms with E-state index in [9.17, 15) is 9.59 Å². The molecule has 20 heavy (non-hydrogen) atoms. The van der Waals surface area contributed by atoms with Crippen LogP contribution in [0.15, 0.2) is 6.07 Å². The third-order valence-electron chi connectivity index (χ3n) is 3.38. The van der Waals surface area contributed by atoms with Crippen molar-refractivity contribution in [3.63, 3.8) is 0 Å². The van der Waals surface area contributed by atoms with Gasteiger partial charge < -0.3 is 9.80 Å². The number of aryl methyl sites for hydroxylation is 1. The molecule has 1 aromatic heterocycles. The van der Waals surface area contributed by atoms with Gasteiger partial charge in [-0.2, -0.15) is 0 Å². The molecule has 0 atom stereocenters. The zero-order chi connectivity index (χ0) is 15.3. The average molecular weight is 296 g/mol. The standard InChI is InChI=1S/C15H24N2O2S/c1-6-16(7-2)14(18)12-10-11(5)20-13(12)15(19)17(8-3)9-4/h10H,6-9H2,1-5H3. The maximum absolute atomic E-state index is 12.5. The molecule has 0 unspecified atom stereocenters. The fourth-order valence-corrected chi connectivity index (χ4v) is 3.14. The highest BCUT2D eigenvalue weighted by atomic mass is 32.1. The van der Waals surface area contributed by atoms with Crippen molar-refractivity contribution in [2.45, 2.75) is 34.6 Å². The Bertz CT molecular complexity index is 433. The largest absolute Gasteiger partial charge is 0.339 e.